The molecule has 0 fully saturated rings. The van der Waals surface area contributed by atoms with Crippen LogP contribution in [0.1, 0.15) is 6.92 Å². The zero-order chi connectivity index (χ0) is 8.97. The molecule has 0 unspecified atom stereocenters. The minimum atomic E-state index is 0.723. The molecule has 0 radical (unpaired) electrons. The maximum atomic E-state index is 5.21. The van der Waals surface area contributed by atoms with Crippen molar-refractivity contribution in [3.05, 3.63) is 14.4 Å². The molecule has 0 saturated carbocycles. The van der Waals surface area contributed by atoms with Gasteiger partial charge in [-0.1, -0.05) is 0 Å². The van der Waals surface area contributed by atoms with E-state index in [1.165, 1.54) is 0 Å². The van der Waals surface area contributed by atoms with Gasteiger partial charge in [-0.05, 0) is 45.4 Å². The minimum absolute atomic E-state index is 0.723. The lowest BCUT2D eigenvalue weighted by molar-refractivity contribution is 0.136. The maximum absolute atomic E-state index is 5.21. The van der Waals surface area contributed by atoms with Crippen LogP contribution < -0.4 is 0 Å². The molecule has 0 saturated heterocycles. The molecule has 3 nitrogen and oxygen atoms in total. The summed E-state index contributed by atoms with van der Waals surface area (Å²) in [4.78, 5) is 0. The fraction of sp³-hybridized carbons (Fsp3) is 0.571. The van der Waals surface area contributed by atoms with Crippen LogP contribution in [0.2, 0.25) is 0 Å². The number of nitrogens with zero attached hydrogens (tertiary/aromatic N) is 2. The number of rotatable bonds is 4. The molecule has 1 aromatic rings. The summed E-state index contributed by atoms with van der Waals surface area (Å²) in [5, 5.41) is 4.26. The highest BCUT2D eigenvalue weighted by Gasteiger charge is 2.01. The molecular weight excluding hydrogens is 335 g/mol. The monoisotopic (exact) mass is 344 g/mol. The molecule has 0 atom stereocenters. The van der Waals surface area contributed by atoms with E-state index in [-0.39, 0.29) is 0 Å². The smallest absolute Gasteiger partial charge is 0.137 e. The molecule has 0 aliphatic heterocycles. The molecule has 12 heavy (non-hydrogen) atoms. The van der Waals surface area contributed by atoms with Crippen LogP contribution in [0, 0.1) is 3.70 Å². The summed E-state index contributed by atoms with van der Waals surface area (Å²) in [7, 11) is 0. The van der Waals surface area contributed by atoms with Gasteiger partial charge in [0, 0.05) is 12.8 Å². The highest BCUT2D eigenvalue weighted by Crippen LogP contribution is 2.16. The molecule has 0 aliphatic rings. The molecule has 0 aliphatic carbocycles. The van der Waals surface area contributed by atoms with Gasteiger partial charge in [0.2, 0.25) is 0 Å². The van der Waals surface area contributed by atoms with Crippen LogP contribution in [0.25, 0.3) is 0 Å². The first kappa shape index (κ1) is 10.5. The highest BCUT2D eigenvalue weighted by atomic mass is 127. The fourth-order valence-electron chi connectivity index (χ4n) is 0.790. The molecule has 1 aromatic heterocycles. The summed E-state index contributed by atoms with van der Waals surface area (Å²) < 4.78 is 9.12. The van der Waals surface area contributed by atoms with E-state index < -0.39 is 0 Å². The Hall–Kier alpha value is 0.380. The molecule has 1 heterocycles. The van der Waals surface area contributed by atoms with Crippen LogP contribution >= 0.6 is 38.5 Å². The van der Waals surface area contributed by atoms with E-state index in [2.05, 4.69) is 43.6 Å². The second-order valence-corrected chi connectivity index (χ2v) is 4.10. The van der Waals surface area contributed by atoms with Crippen molar-refractivity contribution in [2.45, 2.75) is 13.5 Å². The third-order valence-electron chi connectivity index (χ3n) is 1.34. The molecule has 0 amide bonds. The minimum Gasteiger partial charge on any atom is -0.380 e. The first-order chi connectivity index (χ1) is 5.74. The van der Waals surface area contributed by atoms with Gasteiger partial charge in [0.25, 0.3) is 0 Å². The number of ether oxygens (including phenoxy) is 1. The predicted molar refractivity (Wildman–Crippen MR) is 59.1 cm³/mol. The lowest BCUT2D eigenvalue weighted by Gasteiger charge is -2.00. The topological polar surface area (TPSA) is 27.1 Å². The SMILES string of the molecule is CCOCCn1cc(Br)c(I)n1. The quantitative estimate of drug-likeness (QED) is 0.619. The Bertz CT molecular complexity index is 232. The van der Waals surface area contributed by atoms with Crippen LogP contribution in [0.4, 0.5) is 0 Å². The van der Waals surface area contributed by atoms with Gasteiger partial charge < -0.3 is 4.74 Å². The summed E-state index contributed by atoms with van der Waals surface area (Å²) in [5.74, 6) is 0. The Morgan fingerprint density at radius 3 is 3.00 bits per heavy atom. The van der Waals surface area contributed by atoms with Gasteiger partial charge in [-0.15, -0.1) is 0 Å². The van der Waals surface area contributed by atoms with Crippen LogP contribution in [-0.2, 0) is 11.3 Å². The van der Waals surface area contributed by atoms with Gasteiger partial charge in [0.15, 0.2) is 0 Å². The lowest BCUT2D eigenvalue weighted by atomic mass is 10.6. The molecule has 5 heteroatoms. The Kier molecular flexibility index (Phi) is 4.52. The second kappa shape index (κ2) is 5.18. The molecule has 1 rings (SSSR count). The van der Waals surface area contributed by atoms with E-state index in [1.807, 2.05) is 17.8 Å². The summed E-state index contributed by atoms with van der Waals surface area (Å²) in [6.07, 6.45) is 1.96. The third-order valence-corrected chi connectivity index (χ3v) is 3.46. The first-order valence-corrected chi connectivity index (χ1v) is 5.57. The molecule has 0 N–H and O–H groups in total. The van der Waals surface area contributed by atoms with E-state index in [0.717, 1.165) is 27.9 Å². The van der Waals surface area contributed by atoms with Crippen LogP contribution in [-0.4, -0.2) is 23.0 Å². The van der Waals surface area contributed by atoms with Gasteiger partial charge >= 0.3 is 0 Å². The van der Waals surface area contributed by atoms with Crippen molar-refractivity contribution in [1.82, 2.24) is 9.78 Å². The normalized spacial score (nSPS) is 10.6. The molecule has 0 spiro atoms. The molecule has 68 valence electrons. The van der Waals surface area contributed by atoms with E-state index in [9.17, 15) is 0 Å². The van der Waals surface area contributed by atoms with Gasteiger partial charge in [-0.25, -0.2) is 0 Å². The zero-order valence-corrected chi connectivity index (χ0v) is 10.5. The summed E-state index contributed by atoms with van der Waals surface area (Å²) in [6.45, 7) is 4.29. The standard InChI is InChI=1S/C7H10BrIN2O/c1-2-12-4-3-11-5-6(8)7(9)10-11/h5H,2-4H2,1H3. The number of hydrogen-bond acceptors (Lipinski definition) is 2. The van der Waals surface area contributed by atoms with Crippen molar-refractivity contribution in [1.29, 1.82) is 0 Å². The van der Waals surface area contributed by atoms with E-state index in [0.29, 0.717) is 0 Å². The van der Waals surface area contributed by atoms with Crippen LogP contribution in [0.3, 0.4) is 0 Å². The van der Waals surface area contributed by atoms with Crippen molar-refractivity contribution < 1.29 is 4.74 Å². The average Bonchev–Trinajstić information content (AvgIpc) is 2.32. The summed E-state index contributed by atoms with van der Waals surface area (Å²) in [5.41, 5.74) is 0. The van der Waals surface area contributed by atoms with Crippen LogP contribution in [0.5, 0.6) is 0 Å². The van der Waals surface area contributed by atoms with Gasteiger partial charge in [0.1, 0.15) is 3.70 Å². The Morgan fingerprint density at radius 1 is 1.75 bits per heavy atom. The first-order valence-electron chi connectivity index (χ1n) is 3.70. The largest absolute Gasteiger partial charge is 0.380 e. The number of hydrogen-bond donors (Lipinski definition) is 0. The van der Waals surface area contributed by atoms with Gasteiger partial charge in [-0.3, -0.25) is 4.68 Å². The van der Waals surface area contributed by atoms with E-state index in [1.54, 1.807) is 0 Å². The summed E-state index contributed by atoms with van der Waals surface area (Å²) in [6, 6.07) is 0. The Morgan fingerprint density at radius 2 is 2.50 bits per heavy atom. The van der Waals surface area contributed by atoms with Crippen molar-refractivity contribution in [2.75, 3.05) is 13.2 Å². The zero-order valence-electron chi connectivity index (χ0n) is 6.76. The Labute approximate surface area is 93.7 Å². The van der Waals surface area contributed by atoms with Crippen molar-refractivity contribution in [3.63, 3.8) is 0 Å². The second-order valence-electron chi connectivity index (χ2n) is 2.23. The molecule has 0 aromatic carbocycles. The van der Waals surface area contributed by atoms with E-state index in [4.69, 9.17) is 4.74 Å². The Balaban J connectivity index is 2.42. The van der Waals surface area contributed by atoms with Crippen molar-refractivity contribution >= 4 is 38.5 Å². The predicted octanol–water partition coefficient (Wildman–Crippen LogP) is 2.29. The fourth-order valence-corrected chi connectivity index (χ4v) is 1.52. The average molecular weight is 345 g/mol. The third kappa shape index (κ3) is 3.02. The summed E-state index contributed by atoms with van der Waals surface area (Å²) >= 11 is 5.58. The highest BCUT2D eigenvalue weighted by molar-refractivity contribution is 14.1. The van der Waals surface area contributed by atoms with E-state index >= 15 is 0 Å². The number of halogens is 2. The van der Waals surface area contributed by atoms with Crippen molar-refractivity contribution in [2.24, 2.45) is 0 Å². The van der Waals surface area contributed by atoms with Crippen LogP contribution in [0.15, 0.2) is 10.7 Å². The molecular formula is C7H10BrIN2O. The van der Waals surface area contributed by atoms with Gasteiger partial charge in [-0.2, -0.15) is 5.10 Å². The maximum Gasteiger partial charge on any atom is 0.137 e. The van der Waals surface area contributed by atoms with Crippen molar-refractivity contribution in [3.8, 4) is 0 Å². The lowest BCUT2D eigenvalue weighted by Crippen LogP contribution is -2.06. The van der Waals surface area contributed by atoms with Gasteiger partial charge in [0.05, 0.1) is 17.6 Å². The molecule has 0 bridgehead atoms. The number of aromatic nitrogens is 2.